The highest BCUT2D eigenvalue weighted by molar-refractivity contribution is 5.62. The highest BCUT2D eigenvalue weighted by Gasteiger charge is 2.31. The van der Waals surface area contributed by atoms with Crippen LogP contribution in [0.5, 0.6) is 6.01 Å². The second kappa shape index (κ2) is 10.5. The normalized spacial score (nSPS) is 25.6. The van der Waals surface area contributed by atoms with E-state index < -0.39 is 0 Å². The largest absolute Gasteiger partial charge is 0.462 e. The number of ether oxygens (including phenoxy) is 1. The Morgan fingerprint density at radius 2 is 2.03 bits per heavy atom. The van der Waals surface area contributed by atoms with E-state index >= 15 is 0 Å². The summed E-state index contributed by atoms with van der Waals surface area (Å²) in [6, 6.07) is 10.2. The zero-order valence-electron chi connectivity index (χ0n) is 22.2. The van der Waals surface area contributed by atoms with Crippen LogP contribution >= 0.6 is 0 Å². The minimum atomic E-state index is 0.162. The van der Waals surface area contributed by atoms with Crippen LogP contribution < -0.4 is 19.9 Å². The number of piperazine rings is 1. The SMILES string of the molecule is CC1CCc2c1cccc2N1CCc2c(nc(OC[C@@H]3CCCN3C)nc2N2CCN[C@@H](CC#N)C2)C1. The summed E-state index contributed by atoms with van der Waals surface area (Å²) in [5.74, 6) is 1.65. The Balaban J connectivity index is 1.30. The van der Waals surface area contributed by atoms with Crippen molar-refractivity contribution in [1.82, 2.24) is 20.2 Å². The molecule has 0 saturated carbocycles. The Morgan fingerprint density at radius 3 is 2.86 bits per heavy atom. The van der Waals surface area contributed by atoms with Crippen LogP contribution in [-0.2, 0) is 19.4 Å². The van der Waals surface area contributed by atoms with E-state index in [0.717, 1.165) is 70.0 Å². The maximum atomic E-state index is 9.26. The highest BCUT2D eigenvalue weighted by atomic mass is 16.5. The Kier molecular flexibility index (Phi) is 6.92. The van der Waals surface area contributed by atoms with E-state index in [-0.39, 0.29) is 6.04 Å². The molecule has 8 heteroatoms. The fraction of sp³-hybridized carbons (Fsp3) is 0.621. The minimum Gasteiger partial charge on any atom is -0.462 e. The van der Waals surface area contributed by atoms with E-state index in [0.29, 0.717) is 31.0 Å². The number of nitrogens with zero attached hydrogens (tertiary/aromatic N) is 6. The van der Waals surface area contributed by atoms with Crippen LogP contribution in [-0.4, -0.2) is 73.3 Å². The first kappa shape index (κ1) is 24.4. The third kappa shape index (κ3) is 4.87. The molecule has 1 unspecified atom stereocenters. The van der Waals surface area contributed by atoms with Crippen LogP contribution in [0.4, 0.5) is 11.5 Å². The van der Waals surface area contributed by atoms with Crippen LogP contribution in [0.25, 0.3) is 0 Å². The van der Waals surface area contributed by atoms with E-state index in [1.165, 1.54) is 35.2 Å². The predicted molar refractivity (Wildman–Crippen MR) is 145 cm³/mol. The van der Waals surface area contributed by atoms with Gasteiger partial charge in [0.1, 0.15) is 12.4 Å². The standard InChI is InChI=1S/C29H39N7O/c1-20-8-9-24-23(20)6-3-7-27(24)35-15-11-25-26(18-35)32-29(37-19-22-5-4-14-34(22)2)33-28(25)36-16-13-31-21(17-36)10-12-30/h3,6-7,20-22,31H,4-5,8-11,13-19H2,1-2H3/t20?,21-,22-/m0/s1. The lowest BCUT2D eigenvalue weighted by molar-refractivity contribution is 0.187. The van der Waals surface area contributed by atoms with Gasteiger partial charge in [0, 0.05) is 49.5 Å². The molecule has 0 bridgehead atoms. The number of likely N-dealkylation sites (N-methyl/N-ethyl adjacent to an activating group) is 1. The summed E-state index contributed by atoms with van der Waals surface area (Å²) < 4.78 is 6.28. The average Bonchev–Trinajstić information content (AvgIpc) is 3.51. The second-order valence-electron chi connectivity index (χ2n) is 11.3. The van der Waals surface area contributed by atoms with Gasteiger partial charge in [0.05, 0.1) is 24.7 Å². The van der Waals surface area contributed by atoms with Crippen LogP contribution in [0, 0.1) is 11.3 Å². The molecule has 0 amide bonds. The topological polar surface area (TPSA) is 80.6 Å². The molecule has 2 saturated heterocycles. The van der Waals surface area contributed by atoms with E-state index in [4.69, 9.17) is 14.7 Å². The van der Waals surface area contributed by atoms with Crippen molar-refractivity contribution in [1.29, 1.82) is 5.26 Å². The predicted octanol–water partition coefficient (Wildman–Crippen LogP) is 3.25. The monoisotopic (exact) mass is 501 g/mol. The van der Waals surface area contributed by atoms with E-state index in [2.05, 4.69) is 58.3 Å². The van der Waals surface area contributed by atoms with Crippen LogP contribution in [0.1, 0.15) is 60.9 Å². The molecule has 3 aliphatic heterocycles. The third-order valence-electron chi connectivity index (χ3n) is 8.88. The van der Waals surface area contributed by atoms with Crippen molar-refractivity contribution in [2.45, 2.75) is 70.0 Å². The summed E-state index contributed by atoms with van der Waals surface area (Å²) in [5.41, 5.74) is 6.75. The molecular formula is C29H39N7O. The highest BCUT2D eigenvalue weighted by Crippen LogP contribution is 2.40. The van der Waals surface area contributed by atoms with Gasteiger partial charge in [-0.25, -0.2) is 0 Å². The summed E-state index contributed by atoms with van der Waals surface area (Å²) >= 11 is 0. The Hall–Kier alpha value is -2.89. The molecule has 1 N–H and O–H groups in total. The van der Waals surface area contributed by atoms with Crippen LogP contribution in [0.15, 0.2) is 18.2 Å². The van der Waals surface area contributed by atoms with E-state index in [9.17, 15) is 5.26 Å². The van der Waals surface area contributed by atoms with Crippen molar-refractivity contribution in [3.8, 4) is 12.1 Å². The molecule has 3 atom stereocenters. The quantitative estimate of drug-likeness (QED) is 0.646. The van der Waals surface area contributed by atoms with Crippen LogP contribution in [0.2, 0.25) is 0 Å². The summed E-state index contributed by atoms with van der Waals surface area (Å²) in [4.78, 5) is 17.2. The van der Waals surface area contributed by atoms with Crippen LogP contribution in [0.3, 0.4) is 0 Å². The fourth-order valence-corrected chi connectivity index (χ4v) is 6.68. The molecule has 196 valence electrons. The lowest BCUT2D eigenvalue weighted by Gasteiger charge is -2.37. The Morgan fingerprint density at radius 1 is 1.11 bits per heavy atom. The van der Waals surface area contributed by atoms with Crippen molar-refractivity contribution in [2.24, 2.45) is 0 Å². The van der Waals surface area contributed by atoms with Gasteiger partial charge in [0.2, 0.25) is 0 Å². The molecule has 2 fully saturated rings. The van der Waals surface area contributed by atoms with Gasteiger partial charge in [-0.2, -0.15) is 15.2 Å². The second-order valence-corrected chi connectivity index (χ2v) is 11.3. The fourth-order valence-electron chi connectivity index (χ4n) is 6.68. The molecule has 1 aromatic carbocycles. The van der Waals surface area contributed by atoms with Gasteiger partial charge in [-0.1, -0.05) is 19.1 Å². The van der Waals surface area contributed by atoms with Crippen molar-refractivity contribution in [3.05, 3.63) is 40.6 Å². The number of hydrogen-bond acceptors (Lipinski definition) is 8. The summed E-state index contributed by atoms with van der Waals surface area (Å²) in [6.07, 6.45) is 6.21. The van der Waals surface area contributed by atoms with Gasteiger partial charge in [-0.15, -0.1) is 0 Å². The van der Waals surface area contributed by atoms with Gasteiger partial charge in [-0.3, -0.25) is 0 Å². The number of anilines is 2. The average molecular weight is 502 g/mol. The molecule has 8 nitrogen and oxygen atoms in total. The first-order valence-electron chi connectivity index (χ1n) is 14.1. The lowest BCUT2D eigenvalue weighted by atomic mass is 9.99. The zero-order chi connectivity index (χ0) is 25.4. The van der Waals surface area contributed by atoms with Gasteiger partial charge in [0.25, 0.3) is 0 Å². The number of benzene rings is 1. The van der Waals surface area contributed by atoms with Crippen molar-refractivity contribution in [2.75, 3.05) is 56.2 Å². The smallest absolute Gasteiger partial charge is 0.318 e. The first-order valence-corrected chi connectivity index (χ1v) is 14.1. The Bertz CT molecular complexity index is 1180. The first-order chi connectivity index (χ1) is 18.1. The lowest BCUT2D eigenvalue weighted by Crippen LogP contribution is -2.51. The number of fused-ring (bicyclic) bond motifs is 2. The van der Waals surface area contributed by atoms with E-state index in [1.54, 1.807) is 0 Å². The van der Waals surface area contributed by atoms with Crippen molar-refractivity contribution in [3.63, 3.8) is 0 Å². The van der Waals surface area contributed by atoms with Gasteiger partial charge < -0.3 is 24.8 Å². The van der Waals surface area contributed by atoms with Gasteiger partial charge in [-0.05, 0) is 68.8 Å². The zero-order valence-corrected chi connectivity index (χ0v) is 22.2. The molecule has 4 heterocycles. The number of nitrogens with one attached hydrogen (secondary N) is 1. The third-order valence-corrected chi connectivity index (χ3v) is 8.88. The Labute approximate surface area is 220 Å². The number of aromatic nitrogens is 2. The van der Waals surface area contributed by atoms with Gasteiger partial charge >= 0.3 is 6.01 Å². The summed E-state index contributed by atoms with van der Waals surface area (Å²) in [5, 5.41) is 12.7. The molecule has 1 aliphatic carbocycles. The molecule has 0 spiro atoms. The van der Waals surface area contributed by atoms with Gasteiger partial charge in [0.15, 0.2) is 0 Å². The number of rotatable bonds is 6. The number of likely N-dealkylation sites (tertiary alicyclic amines) is 1. The summed E-state index contributed by atoms with van der Waals surface area (Å²) in [6.45, 7) is 8.37. The summed E-state index contributed by atoms with van der Waals surface area (Å²) in [7, 11) is 2.17. The van der Waals surface area contributed by atoms with Crippen molar-refractivity contribution < 1.29 is 4.74 Å². The number of nitriles is 1. The maximum absolute atomic E-state index is 9.26. The minimum absolute atomic E-state index is 0.162. The molecular weight excluding hydrogens is 462 g/mol. The molecule has 0 radical (unpaired) electrons. The molecule has 1 aromatic heterocycles. The van der Waals surface area contributed by atoms with Crippen molar-refractivity contribution >= 4 is 11.5 Å². The number of hydrogen-bond donors (Lipinski definition) is 1. The molecule has 4 aliphatic rings. The maximum Gasteiger partial charge on any atom is 0.318 e. The van der Waals surface area contributed by atoms with E-state index in [1.807, 2.05) is 0 Å². The molecule has 37 heavy (non-hydrogen) atoms. The molecule has 6 rings (SSSR count). The molecule has 2 aromatic rings.